The summed E-state index contributed by atoms with van der Waals surface area (Å²) in [6.07, 6.45) is 9.55. The topological polar surface area (TPSA) is 97.1 Å². The highest BCUT2D eigenvalue weighted by Crippen LogP contribution is 2.18. The predicted molar refractivity (Wildman–Crippen MR) is 138 cm³/mol. The van der Waals surface area contributed by atoms with Crippen LogP contribution in [0.5, 0.6) is 0 Å². The van der Waals surface area contributed by atoms with Crippen LogP contribution in [0.4, 0.5) is 5.95 Å². The summed E-state index contributed by atoms with van der Waals surface area (Å²) in [6, 6.07) is 7.87. The first-order valence-electron chi connectivity index (χ1n) is 11.7. The van der Waals surface area contributed by atoms with Crippen molar-refractivity contribution in [2.24, 2.45) is 12.1 Å². The van der Waals surface area contributed by atoms with Gasteiger partial charge in [0, 0.05) is 18.1 Å². The van der Waals surface area contributed by atoms with Crippen molar-refractivity contribution in [1.82, 2.24) is 19.1 Å². The first-order chi connectivity index (χ1) is 15.9. The van der Waals surface area contributed by atoms with E-state index in [0.29, 0.717) is 23.7 Å². The number of aromatic nitrogens is 4. The molecule has 3 rings (SSSR count). The van der Waals surface area contributed by atoms with Crippen molar-refractivity contribution < 1.29 is 0 Å². The summed E-state index contributed by atoms with van der Waals surface area (Å²) in [6.45, 7) is 4.76. The Morgan fingerprint density at radius 3 is 2.36 bits per heavy atom. The number of imidazole rings is 1. The van der Waals surface area contributed by atoms with Crippen LogP contribution in [0.2, 0.25) is 0 Å². The van der Waals surface area contributed by atoms with Gasteiger partial charge in [-0.15, -0.1) is 0 Å². The van der Waals surface area contributed by atoms with Crippen molar-refractivity contribution in [3.8, 4) is 0 Å². The lowest BCUT2D eigenvalue weighted by Crippen LogP contribution is -2.29. The van der Waals surface area contributed by atoms with Gasteiger partial charge in [0.1, 0.15) is 0 Å². The van der Waals surface area contributed by atoms with Crippen molar-refractivity contribution in [3.63, 3.8) is 0 Å². The molecule has 0 amide bonds. The highest BCUT2D eigenvalue weighted by atomic mass is 79.9. The number of rotatable bonds is 12. The minimum Gasteiger partial charge on any atom is -0.303 e. The number of aromatic amines is 1. The quantitative estimate of drug-likeness (QED) is 0.197. The van der Waals surface area contributed by atoms with Crippen molar-refractivity contribution in [3.05, 3.63) is 55.1 Å². The molecule has 0 bridgehead atoms. The highest BCUT2D eigenvalue weighted by molar-refractivity contribution is 9.10. The fraction of sp³-hybridized carbons (Fsp3) is 0.500. The van der Waals surface area contributed by atoms with Gasteiger partial charge < -0.3 is 4.57 Å². The van der Waals surface area contributed by atoms with Crippen LogP contribution in [0.15, 0.2) is 43.4 Å². The SMILES string of the molecule is CCCCCCCCCCn1c(NN=C(C)c2ccc(Br)cc2)nc2c1c(=O)[nH]c(=O)n2C. The molecule has 2 N–H and O–H groups in total. The van der Waals surface area contributed by atoms with E-state index in [9.17, 15) is 9.59 Å². The summed E-state index contributed by atoms with van der Waals surface area (Å²) in [5.74, 6) is 0.455. The number of anilines is 1. The molecule has 3 aromatic rings. The van der Waals surface area contributed by atoms with Crippen molar-refractivity contribution in [1.29, 1.82) is 0 Å². The van der Waals surface area contributed by atoms with Gasteiger partial charge in [0.25, 0.3) is 5.56 Å². The van der Waals surface area contributed by atoms with Gasteiger partial charge in [-0.3, -0.25) is 14.3 Å². The van der Waals surface area contributed by atoms with E-state index in [2.05, 4.69) is 43.3 Å². The van der Waals surface area contributed by atoms with Gasteiger partial charge in [0.05, 0.1) is 5.71 Å². The number of H-pyrrole nitrogens is 1. The van der Waals surface area contributed by atoms with E-state index in [-0.39, 0.29) is 0 Å². The molecule has 0 spiro atoms. The van der Waals surface area contributed by atoms with E-state index in [0.717, 1.165) is 28.6 Å². The Kier molecular flexibility index (Phi) is 9.05. The van der Waals surface area contributed by atoms with Crippen molar-refractivity contribution in [2.75, 3.05) is 5.43 Å². The lowest BCUT2D eigenvalue weighted by atomic mass is 10.1. The lowest BCUT2D eigenvalue weighted by Gasteiger charge is -2.09. The third kappa shape index (κ3) is 6.43. The highest BCUT2D eigenvalue weighted by Gasteiger charge is 2.17. The molecule has 0 atom stereocenters. The Balaban J connectivity index is 1.79. The van der Waals surface area contributed by atoms with Crippen LogP contribution in [0.25, 0.3) is 11.2 Å². The minimum absolute atomic E-state index is 0.349. The summed E-state index contributed by atoms with van der Waals surface area (Å²) in [5, 5.41) is 4.49. The fourth-order valence-electron chi connectivity index (χ4n) is 3.83. The summed E-state index contributed by atoms with van der Waals surface area (Å²) < 4.78 is 4.19. The van der Waals surface area contributed by atoms with Crippen LogP contribution in [-0.4, -0.2) is 24.8 Å². The standard InChI is InChI=1S/C24H33BrN6O2/c1-4-5-6-7-8-9-10-11-16-31-20-21(30(3)24(33)27-22(20)32)26-23(31)29-28-17(2)18-12-14-19(25)15-13-18/h12-15H,4-11,16H2,1-3H3,(H,26,29)(H,27,32,33). The molecule has 9 heteroatoms. The number of hydrogen-bond acceptors (Lipinski definition) is 5. The molecule has 2 heterocycles. The van der Waals surface area contributed by atoms with Gasteiger partial charge in [-0.05, 0) is 31.0 Å². The normalized spacial score (nSPS) is 11.9. The Bertz CT molecular complexity index is 1210. The van der Waals surface area contributed by atoms with E-state index in [1.54, 1.807) is 7.05 Å². The molecule has 0 aliphatic heterocycles. The fourth-order valence-corrected chi connectivity index (χ4v) is 4.10. The molecule has 0 fully saturated rings. The second kappa shape index (κ2) is 12.0. The summed E-state index contributed by atoms with van der Waals surface area (Å²) in [5.41, 5.74) is 4.61. The number of halogens is 1. The average molecular weight is 517 g/mol. The molecule has 0 aliphatic carbocycles. The number of fused-ring (bicyclic) bond motifs is 1. The van der Waals surface area contributed by atoms with Gasteiger partial charge in [-0.2, -0.15) is 10.1 Å². The van der Waals surface area contributed by atoms with E-state index in [1.807, 2.05) is 35.8 Å². The van der Waals surface area contributed by atoms with Crippen LogP contribution in [0, 0.1) is 0 Å². The lowest BCUT2D eigenvalue weighted by molar-refractivity contribution is 0.549. The number of nitrogens with zero attached hydrogens (tertiary/aromatic N) is 4. The third-order valence-corrected chi connectivity index (χ3v) is 6.36. The molecule has 0 aliphatic rings. The Labute approximate surface area is 202 Å². The Morgan fingerprint density at radius 1 is 1.06 bits per heavy atom. The number of hydrogen-bond donors (Lipinski definition) is 2. The maximum atomic E-state index is 12.6. The first kappa shape index (κ1) is 25.0. The van der Waals surface area contributed by atoms with Gasteiger partial charge in [-0.1, -0.05) is 79.9 Å². The van der Waals surface area contributed by atoms with Crippen LogP contribution in [0.1, 0.15) is 70.8 Å². The van der Waals surface area contributed by atoms with E-state index in [1.165, 1.54) is 43.1 Å². The Hall–Kier alpha value is -2.68. The maximum Gasteiger partial charge on any atom is 0.329 e. The van der Waals surface area contributed by atoms with Gasteiger partial charge >= 0.3 is 5.69 Å². The third-order valence-electron chi connectivity index (χ3n) is 5.83. The summed E-state index contributed by atoms with van der Waals surface area (Å²) in [4.78, 5) is 31.6. The van der Waals surface area contributed by atoms with Crippen molar-refractivity contribution >= 4 is 38.8 Å². The smallest absolute Gasteiger partial charge is 0.303 e. The van der Waals surface area contributed by atoms with Crippen LogP contribution in [0.3, 0.4) is 0 Å². The van der Waals surface area contributed by atoms with E-state index in [4.69, 9.17) is 0 Å². The number of nitrogens with one attached hydrogen (secondary N) is 2. The molecule has 33 heavy (non-hydrogen) atoms. The second-order valence-corrected chi connectivity index (χ2v) is 9.28. The molecule has 0 saturated heterocycles. The van der Waals surface area contributed by atoms with Gasteiger partial charge in [0.2, 0.25) is 5.95 Å². The molecular weight excluding hydrogens is 484 g/mol. The zero-order valence-corrected chi connectivity index (χ0v) is 21.2. The van der Waals surface area contributed by atoms with Crippen LogP contribution >= 0.6 is 15.9 Å². The second-order valence-electron chi connectivity index (χ2n) is 8.37. The molecule has 8 nitrogen and oxygen atoms in total. The molecule has 0 radical (unpaired) electrons. The van der Waals surface area contributed by atoms with Crippen molar-refractivity contribution in [2.45, 2.75) is 71.8 Å². The van der Waals surface area contributed by atoms with E-state index < -0.39 is 11.2 Å². The number of unbranched alkanes of at least 4 members (excludes halogenated alkanes) is 7. The molecule has 0 saturated carbocycles. The summed E-state index contributed by atoms with van der Waals surface area (Å²) in [7, 11) is 1.61. The predicted octanol–water partition coefficient (Wildman–Crippen LogP) is 5.16. The first-order valence-corrected chi connectivity index (χ1v) is 12.5. The monoisotopic (exact) mass is 516 g/mol. The molecular formula is C24H33BrN6O2. The number of benzene rings is 1. The van der Waals surface area contributed by atoms with E-state index >= 15 is 0 Å². The van der Waals surface area contributed by atoms with Crippen LogP contribution in [-0.2, 0) is 13.6 Å². The zero-order chi connectivity index (χ0) is 23.8. The summed E-state index contributed by atoms with van der Waals surface area (Å²) >= 11 is 3.44. The Morgan fingerprint density at radius 2 is 1.70 bits per heavy atom. The zero-order valence-electron chi connectivity index (χ0n) is 19.7. The molecule has 0 unspecified atom stereocenters. The number of hydrazone groups is 1. The van der Waals surface area contributed by atoms with Crippen LogP contribution < -0.4 is 16.7 Å². The molecule has 1 aromatic carbocycles. The maximum absolute atomic E-state index is 12.6. The molecule has 2 aromatic heterocycles. The number of aryl methyl sites for hydroxylation is 2. The average Bonchev–Trinajstić information content (AvgIpc) is 3.17. The molecule has 178 valence electrons. The largest absolute Gasteiger partial charge is 0.329 e. The van der Waals surface area contributed by atoms with Gasteiger partial charge in [-0.25, -0.2) is 10.2 Å². The van der Waals surface area contributed by atoms with Gasteiger partial charge in [0.15, 0.2) is 11.2 Å². The minimum atomic E-state index is -0.481.